The Bertz CT molecular complexity index is 626. The first-order valence-electron chi connectivity index (χ1n) is 4.97. The van der Waals surface area contributed by atoms with Gasteiger partial charge < -0.3 is 9.84 Å². The third kappa shape index (κ3) is 3.34. The van der Waals surface area contributed by atoms with Crippen molar-refractivity contribution in [1.82, 2.24) is 0 Å². The van der Waals surface area contributed by atoms with Gasteiger partial charge in [0.25, 0.3) is 9.84 Å². The Balaban J connectivity index is 3.15. The largest absolute Gasteiger partial charge is 0.501 e. The van der Waals surface area contributed by atoms with Crippen molar-refractivity contribution in [1.29, 1.82) is 0 Å². The number of hydrogen-bond donors (Lipinski definition) is 1. The molecule has 0 aromatic heterocycles. The molecule has 1 N–H and O–H groups in total. The van der Waals surface area contributed by atoms with Crippen LogP contribution in [0.5, 0.6) is 5.75 Å². The van der Waals surface area contributed by atoms with Crippen LogP contribution in [0.2, 0.25) is 5.02 Å². The summed E-state index contributed by atoms with van der Waals surface area (Å²) in [6.07, 6.45) is -1.29. The van der Waals surface area contributed by atoms with Crippen molar-refractivity contribution < 1.29 is 36.2 Å². The molecule has 0 aliphatic carbocycles. The second-order valence-corrected chi connectivity index (χ2v) is 5.99. The van der Waals surface area contributed by atoms with Gasteiger partial charge in [-0.25, -0.2) is 13.2 Å². The van der Waals surface area contributed by atoms with Crippen LogP contribution in [0.3, 0.4) is 0 Å². The molecule has 112 valence electrons. The zero-order valence-corrected chi connectivity index (χ0v) is 11.4. The quantitative estimate of drug-likeness (QED) is 0.916. The van der Waals surface area contributed by atoms with Crippen LogP contribution in [-0.2, 0) is 14.6 Å². The number of alkyl halides is 3. The summed E-state index contributed by atoms with van der Waals surface area (Å²) in [6, 6.07) is 2.05. The Labute approximate surface area is 116 Å². The maximum Gasteiger partial charge on any atom is 0.501 e. The van der Waals surface area contributed by atoms with E-state index < -0.39 is 37.3 Å². The Morgan fingerprint density at radius 1 is 1.40 bits per heavy atom. The lowest BCUT2D eigenvalue weighted by atomic mass is 10.3. The summed E-state index contributed by atoms with van der Waals surface area (Å²) in [6.45, 7) is 1.18. The van der Waals surface area contributed by atoms with E-state index in [0.29, 0.717) is 12.1 Å². The minimum absolute atomic E-state index is 0.234. The lowest BCUT2D eigenvalue weighted by molar-refractivity contribution is -0.144. The fraction of sp³-hybridized carbons (Fsp3) is 0.300. The van der Waals surface area contributed by atoms with Crippen molar-refractivity contribution in [2.75, 3.05) is 0 Å². The van der Waals surface area contributed by atoms with Crippen LogP contribution in [0.15, 0.2) is 23.1 Å². The van der Waals surface area contributed by atoms with Crippen LogP contribution in [0.1, 0.15) is 6.92 Å². The van der Waals surface area contributed by atoms with Crippen molar-refractivity contribution in [2.24, 2.45) is 0 Å². The SMILES string of the molecule is CC(Oc1ccc(S(=O)(=O)C(F)(F)F)cc1Cl)C(=O)O. The highest BCUT2D eigenvalue weighted by atomic mass is 35.5. The average molecular weight is 333 g/mol. The Morgan fingerprint density at radius 2 is 1.95 bits per heavy atom. The number of carboxylic acid groups (broad SMARTS) is 1. The first kappa shape index (κ1) is 16.6. The van der Waals surface area contributed by atoms with Gasteiger partial charge in [0, 0.05) is 0 Å². The van der Waals surface area contributed by atoms with Gasteiger partial charge in [-0.1, -0.05) is 11.6 Å². The van der Waals surface area contributed by atoms with E-state index in [-0.39, 0.29) is 5.75 Å². The first-order valence-corrected chi connectivity index (χ1v) is 6.83. The lowest BCUT2D eigenvalue weighted by Gasteiger charge is -2.13. The molecule has 0 spiro atoms. The lowest BCUT2D eigenvalue weighted by Crippen LogP contribution is -2.24. The first-order chi connectivity index (χ1) is 8.96. The Hall–Kier alpha value is -1.48. The van der Waals surface area contributed by atoms with E-state index >= 15 is 0 Å². The van der Waals surface area contributed by atoms with Crippen LogP contribution in [0.4, 0.5) is 13.2 Å². The predicted octanol–water partition coefficient (Wildman–Crippen LogP) is 2.49. The molecule has 20 heavy (non-hydrogen) atoms. The van der Waals surface area contributed by atoms with Crippen molar-refractivity contribution in [3.63, 3.8) is 0 Å². The second-order valence-electron chi connectivity index (χ2n) is 3.64. The van der Waals surface area contributed by atoms with Gasteiger partial charge in [0.1, 0.15) is 5.75 Å². The number of sulfone groups is 1. The number of benzene rings is 1. The average Bonchev–Trinajstić information content (AvgIpc) is 2.29. The van der Waals surface area contributed by atoms with Gasteiger partial charge in [-0.2, -0.15) is 13.2 Å². The molecule has 1 rings (SSSR count). The summed E-state index contributed by atoms with van der Waals surface area (Å²) in [5, 5.41) is 8.17. The Morgan fingerprint density at radius 3 is 2.35 bits per heavy atom. The third-order valence-corrected chi connectivity index (χ3v) is 3.95. The highest BCUT2D eigenvalue weighted by molar-refractivity contribution is 7.92. The number of hydrogen-bond acceptors (Lipinski definition) is 4. The van der Waals surface area contributed by atoms with E-state index in [9.17, 15) is 26.4 Å². The number of aliphatic carboxylic acids is 1. The summed E-state index contributed by atoms with van der Waals surface area (Å²) in [4.78, 5) is 9.51. The molecular formula is C10H8ClF3O5S. The topological polar surface area (TPSA) is 80.7 Å². The minimum Gasteiger partial charge on any atom is -0.479 e. The van der Waals surface area contributed by atoms with Gasteiger partial charge in [0.2, 0.25) is 0 Å². The summed E-state index contributed by atoms with van der Waals surface area (Å²) >= 11 is 5.58. The molecule has 1 unspecified atom stereocenters. The monoisotopic (exact) mass is 332 g/mol. The summed E-state index contributed by atoms with van der Waals surface area (Å²) < 4.78 is 64.1. The summed E-state index contributed by atoms with van der Waals surface area (Å²) in [5.41, 5.74) is -5.45. The second kappa shape index (κ2) is 5.49. The number of ether oxygens (including phenoxy) is 1. The van der Waals surface area contributed by atoms with Gasteiger partial charge in [0.05, 0.1) is 9.92 Å². The third-order valence-electron chi connectivity index (χ3n) is 2.17. The molecular weight excluding hydrogens is 325 g/mol. The van der Waals surface area contributed by atoms with Gasteiger partial charge >= 0.3 is 11.5 Å². The van der Waals surface area contributed by atoms with Crippen molar-refractivity contribution in [3.05, 3.63) is 23.2 Å². The maximum absolute atomic E-state index is 12.3. The molecule has 0 bridgehead atoms. The molecule has 5 nitrogen and oxygen atoms in total. The zero-order chi connectivity index (χ0) is 15.7. The van der Waals surface area contributed by atoms with Crippen molar-refractivity contribution in [3.8, 4) is 5.75 Å². The molecule has 0 fully saturated rings. The van der Waals surface area contributed by atoms with E-state index in [1.165, 1.54) is 6.92 Å². The highest BCUT2D eigenvalue weighted by Crippen LogP contribution is 2.34. The van der Waals surface area contributed by atoms with Crippen LogP contribution >= 0.6 is 11.6 Å². The van der Waals surface area contributed by atoms with Crippen LogP contribution in [0.25, 0.3) is 0 Å². The van der Waals surface area contributed by atoms with Gasteiger partial charge in [-0.3, -0.25) is 0 Å². The molecule has 0 aliphatic rings. The molecule has 0 aliphatic heterocycles. The van der Waals surface area contributed by atoms with E-state index in [1.54, 1.807) is 0 Å². The molecule has 0 saturated carbocycles. The van der Waals surface area contributed by atoms with E-state index in [2.05, 4.69) is 0 Å². The molecule has 0 saturated heterocycles. The smallest absolute Gasteiger partial charge is 0.479 e. The number of carbonyl (C=O) groups is 1. The van der Waals surface area contributed by atoms with Crippen LogP contribution < -0.4 is 4.74 Å². The summed E-state index contributed by atoms with van der Waals surface area (Å²) in [7, 11) is -5.52. The summed E-state index contributed by atoms with van der Waals surface area (Å²) in [5.74, 6) is -1.55. The molecule has 1 atom stereocenters. The highest BCUT2D eigenvalue weighted by Gasteiger charge is 2.47. The molecule has 10 heteroatoms. The fourth-order valence-corrected chi connectivity index (χ4v) is 2.20. The number of rotatable bonds is 4. The van der Waals surface area contributed by atoms with Gasteiger partial charge in [-0.05, 0) is 25.1 Å². The van der Waals surface area contributed by atoms with Crippen LogP contribution in [-0.4, -0.2) is 31.1 Å². The molecule has 0 amide bonds. The maximum atomic E-state index is 12.3. The van der Waals surface area contributed by atoms with Crippen LogP contribution in [0, 0.1) is 0 Å². The van der Waals surface area contributed by atoms with Crippen molar-refractivity contribution >= 4 is 27.4 Å². The molecule has 0 heterocycles. The molecule has 1 aromatic carbocycles. The normalized spacial score (nSPS) is 13.8. The van der Waals surface area contributed by atoms with E-state index in [0.717, 1.165) is 6.07 Å². The van der Waals surface area contributed by atoms with Gasteiger partial charge in [0.15, 0.2) is 6.10 Å². The van der Waals surface area contributed by atoms with Gasteiger partial charge in [-0.15, -0.1) is 0 Å². The Kier molecular flexibility index (Phi) is 4.55. The fourth-order valence-electron chi connectivity index (χ4n) is 1.12. The predicted molar refractivity (Wildman–Crippen MR) is 62.4 cm³/mol. The van der Waals surface area contributed by atoms with E-state index in [1.807, 2.05) is 0 Å². The van der Waals surface area contributed by atoms with Crippen molar-refractivity contribution in [2.45, 2.75) is 23.4 Å². The minimum atomic E-state index is -5.52. The standard InChI is InChI=1S/C10H8ClF3O5S/c1-5(9(15)16)19-8-3-2-6(4-7(8)11)20(17,18)10(12,13)14/h2-5H,1H3,(H,15,16). The number of halogens is 4. The molecule has 0 radical (unpaired) electrons. The molecule has 1 aromatic rings. The number of carboxylic acids is 1. The van der Waals surface area contributed by atoms with E-state index in [4.69, 9.17) is 21.4 Å². The zero-order valence-electron chi connectivity index (χ0n) is 9.81.